The highest BCUT2D eigenvalue weighted by atomic mass is 19.3. The lowest BCUT2D eigenvalue weighted by molar-refractivity contribution is -0.142. The lowest BCUT2D eigenvalue weighted by Crippen LogP contribution is -2.31. The van der Waals surface area contributed by atoms with Gasteiger partial charge in [-0.25, -0.2) is 0 Å². The maximum atomic E-state index is 12.5. The molecule has 1 saturated carbocycles. The second-order valence-electron chi connectivity index (χ2n) is 6.36. The number of halogens is 2. The number of benzene rings is 1. The Hall–Kier alpha value is -2.09. The van der Waals surface area contributed by atoms with Gasteiger partial charge in [-0.1, -0.05) is 0 Å². The summed E-state index contributed by atoms with van der Waals surface area (Å²) < 4.78 is 40.0. The second-order valence-corrected chi connectivity index (χ2v) is 6.36. The van der Waals surface area contributed by atoms with Gasteiger partial charge in [0.25, 0.3) is 0 Å². The van der Waals surface area contributed by atoms with Gasteiger partial charge in [0.2, 0.25) is 0 Å². The van der Waals surface area contributed by atoms with Crippen LogP contribution in [0.3, 0.4) is 0 Å². The molecular weight excluding hydrogens is 334 g/mol. The Labute approximate surface area is 144 Å². The average molecular weight is 356 g/mol. The van der Waals surface area contributed by atoms with Gasteiger partial charge in [0, 0.05) is 24.3 Å². The Kier molecular flexibility index (Phi) is 5.57. The molecule has 0 amide bonds. The lowest BCUT2D eigenvalue weighted by Gasteiger charge is -2.17. The Balaban J connectivity index is 1.64. The standard InChI is InChI=1S/C17H22F2N2O4/c1-23-16(22)13-6-12(8-20-13)21-11-4-5-14(25-17(18)19)15(7-11)24-9-10-2-3-10/h4-5,7,10,12-13,17,20-21H,2-3,6,8-9H2,1H3/t12-,13-/m1/s1. The molecule has 0 radical (unpaired) electrons. The van der Waals surface area contributed by atoms with Crippen LogP contribution in [-0.2, 0) is 9.53 Å². The van der Waals surface area contributed by atoms with Crippen molar-refractivity contribution in [3.05, 3.63) is 18.2 Å². The smallest absolute Gasteiger partial charge is 0.387 e. The van der Waals surface area contributed by atoms with E-state index >= 15 is 0 Å². The molecule has 138 valence electrons. The summed E-state index contributed by atoms with van der Waals surface area (Å²) in [6, 6.07) is 4.48. The predicted octanol–water partition coefficient (Wildman–Crippen LogP) is 2.39. The van der Waals surface area contributed by atoms with Crippen LogP contribution in [0.4, 0.5) is 14.5 Å². The second kappa shape index (κ2) is 7.86. The van der Waals surface area contributed by atoms with E-state index in [0.29, 0.717) is 31.2 Å². The minimum absolute atomic E-state index is 0.0261. The molecule has 2 aliphatic rings. The number of carbonyl (C=O) groups is 1. The molecule has 1 heterocycles. The first-order valence-corrected chi connectivity index (χ1v) is 8.34. The quantitative estimate of drug-likeness (QED) is 0.697. The van der Waals surface area contributed by atoms with E-state index in [9.17, 15) is 13.6 Å². The summed E-state index contributed by atoms with van der Waals surface area (Å²) in [6.07, 6.45) is 2.79. The monoisotopic (exact) mass is 356 g/mol. The molecule has 1 saturated heterocycles. The van der Waals surface area contributed by atoms with Gasteiger partial charge in [-0.15, -0.1) is 0 Å². The van der Waals surface area contributed by atoms with Crippen molar-refractivity contribution in [2.24, 2.45) is 5.92 Å². The molecule has 0 aromatic heterocycles. The van der Waals surface area contributed by atoms with Crippen molar-refractivity contribution < 1.29 is 27.8 Å². The summed E-state index contributed by atoms with van der Waals surface area (Å²) in [5.41, 5.74) is 0.727. The first-order valence-electron chi connectivity index (χ1n) is 8.34. The third-order valence-electron chi connectivity index (χ3n) is 4.32. The van der Waals surface area contributed by atoms with E-state index in [0.717, 1.165) is 18.5 Å². The zero-order valence-electron chi connectivity index (χ0n) is 14.0. The lowest BCUT2D eigenvalue weighted by atomic mass is 10.1. The van der Waals surface area contributed by atoms with Crippen LogP contribution >= 0.6 is 0 Å². The number of hydrogen-bond donors (Lipinski definition) is 2. The summed E-state index contributed by atoms with van der Waals surface area (Å²) >= 11 is 0. The summed E-state index contributed by atoms with van der Waals surface area (Å²) in [5.74, 6) is 0.528. The molecule has 1 aromatic rings. The zero-order valence-corrected chi connectivity index (χ0v) is 14.0. The minimum atomic E-state index is -2.90. The van der Waals surface area contributed by atoms with Crippen molar-refractivity contribution in [1.29, 1.82) is 0 Å². The van der Waals surface area contributed by atoms with Crippen LogP contribution in [-0.4, -0.2) is 44.9 Å². The number of methoxy groups -OCH3 is 1. The molecule has 2 fully saturated rings. The number of alkyl halides is 2. The van der Waals surface area contributed by atoms with Crippen LogP contribution < -0.4 is 20.1 Å². The summed E-state index contributed by atoms with van der Waals surface area (Å²) in [5, 5.41) is 6.37. The Morgan fingerprint density at radius 2 is 2.16 bits per heavy atom. The van der Waals surface area contributed by atoms with E-state index in [4.69, 9.17) is 9.47 Å². The van der Waals surface area contributed by atoms with Gasteiger partial charge in [0.15, 0.2) is 11.5 Å². The number of rotatable bonds is 8. The van der Waals surface area contributed by atoms with Gasteiger partial charge in [-0.05, 0) is 37.3 Å². The maximum absolute atomic E-state index is 12.5. The third kappa shape index (κ3) is 4.94. The third-order valence-corrected chi connectivity index (χ3v) is 4.32. The van der Waals surface area contributed by atoms with E-state index in [2.05, 4.69) is 15.4 Å². The van der Waals surface area contributed by atoms with Crippen molar-refractivity contribution in [3.63, 3.8) is 0 Å². The summed E-state index contributed by atoms with van der Waals surface area (Å²) in [6.45, 7) is -1.80. The molecule has 0 spiro atoms. The van der Waals surface area contributed by atoms with Crippen LogP contribution in [0.5, 0.6) is 11.5 Å². The topological polar surface area (TPSA) is 68.8 Å². The van der Waals surface area contributed by atoms with Crippen molar-refractivity contribution in [2.45, 2.75) is 38.0 Å². The normalized spacial score (nSPS) is 22.7. The van der Waals surface area contributed by atoms with Gasteiger partial charge in [0.1, 0.15) is 6.04 Å². The van der Waals surface area contributed by atoms with Crippen LogP contribution in [0.15, 0.2) is 18.2 Å². The first kappa shape index (κ1) is 17.7. The Bertz CT molecular complexity index is 610. The molecule has 25 heavy (non-hydrogen) atoms. The number of esters is 1. The molecule has 2 N–H and O–H groups in total. The molecule has 2 atom stereocenters. The van der Waals surface area contributed by atoms with Crippen LogP contribution in [0.25, 0.3) is 0 Å². The number of ether oxygens (including phenoxy) is 3. The number of anilines is 1. The van der Waals surface area contributed by atoms with Crippen LogP contribution in [0, 0.1) is 5.92 Å². The number of carbonyl (C=O) groups excluding carboxylic acids is 1. The van der Waals surface area contributed by atoms with Crippen molar-refractivity contribution in [2.75, 3.05) is 25.6 Å². The predicted molar refractivity (Wildman–Crippen MR) is 87.1 cm³/mol. The van der Waals surface area contributed by atoms with E-state index in [-0.39, 0.29) is 23.8 Å². The average Bonchev–Trinajstić information content (AvgIpc) is 3.31. The molecule has 1 aromatic carbocycles. The Morgan fingerprint density at radius 3 is 2.84 bits per heavy atom. The molecule has 6 nitrogen and oxygen atoms in total. The fourth-order valence-electron chi connectivity index (χ4n) is 2.80. The van der Waals surface area contributed by atoms with Gasteiger partial charge in [-0.3, -0.25) is 4.79 Å². The van der Waals surface area contributed by atoms with E-state index in [1.165, 1.54) is 13.2 Å². The van der Waals surface area contributed by atoms with Gasteiger partial charge < -0.3 is 24.8 Å². The minimum Gasteiger partial charge on any atom is -0.489 e. The zero-order chi connectivity index (χ0) is 17.8. The molecule has 0 unspecified atom stereocenters. The van der Waals surface area contributed by atoms with Gasteiger partial charge in [0.05, 0.1) is 13.7 Å². The molecule has 8 heteroatoms. The maximum Gasteiger partial charge on any atom is 0.387 e. The van der Waals surface area contributed by atoms with Crippen LogP contribution in [0.1, 0.15) is 19.3 Å². The van der Waals surface area contributed by atoms with E-state index in [1.807, 2.05) is 0 Å². The van der Waals surface area contributed by atoms with Crippen LogP contribution in [0.2, 0.25) is 0 Å². The fraction of sp³-hybridized carbons (Fsp3) is 0.588. The van der Waals surface area contributed by atoms with Gasteiger partial charge in [-0.2, -0.15) is 8.78 Å². The molecule has 0 bridgehead atoms. The highest BCUT2D eigenvalue weighted by Gasteiger charge is 2.30. The number of nitrogens with one attached hydrogen (secondary N) is 2. The molecular formula is C17H22F2N2O4. The molecule has 3 rings (SSSR count). The van der Waals surface area contributed by atoms with Crippen molar-refractivity contribution in [3.8, 4) is 11.5 Å². The number of hydrogen-bond acceptors (Lipinski definition) is 6. The van der Waals surface area contributed by atoms with Gasteiger partial charge >= 0.3 is 12.6 Å². The highest BCUT2D eigenvalue weighted by molar-refractivity contribution is 5.76. The van der Waals surface area contributed by atoms with Crippen molar-refractivity contribution >= 4 is 11.7 Å². The van der Waals surface area contributed by atoms with Crippen molar-refractivity contribution in [1.82, 2.24) is 5.32 Å². The van der Waals surface area contributed by atoms with E-state index < -0.39 is 6.61 Å². The molecule has 1 aliphatic heterocycles. The first-order chi connectivity index (χ1) is 12.0. The summed E-state index contributed by atoms with van der Waals surface area (Å²) in [7, 11) is 1.36. The van der Waals surface area contributed by atoms with E-state index in [1.54, 1.807) is 12.1 Å². The SMILES string of the molecule is COC(=O)[C@H]1C[C@@H](Nc2ccc(OC(F)F)c(OCC3CC3)c2)CN1. The highest BCUT2D eigenvalue weighted by Crippen LogP contribution is 2.35. The summed E-state index contributed by atoms with van der Waals surface area (Å²) in [4.78, 5) is 11.5. The Morgan fingerprint density at radius 1 is 1.36 bits per heavy atom. The largest absolute Gasteiger partial charge is 0.489 e. The fourth-order valence-corrected chi connectivity index (χ4v) is 2.80. The molecule has 1 aliphatic carbocycles.